The summed E-state index contributed by atoms with van der Waals surface area (Å²) in [6.07, 6.45) is 1.58. The van der Waals surface area contributed by atoms with Gasteiger partial charge in [0.15, 0.2) is 0 Å². The molecular formula is C25H23N3O3. The van der Waals surface area contributed by atoms with Crippen molar-refractivity contribution in [3.8, 4) is 5.69 Å². The van der Waals surface area contributed by atoms with Crippen LogP contribution in [0.4, 0.5) is 10.5 Å². The molecule has 1 aliphatic heterocycles. The predicted molar refractivity (Wildman–Crippen MR) is 120 cm³/mol. The summed E-state index contributed by atoms with van der Waals surface area (Å²) in [6.45, 7) is 5.96. The van der Waals surface area contributed by atoms with Gasteiger partial charge in [0.25, 0.3) is 11.8 Å². The number of nitrogens with zero attached hydrogens (tertiary/aromatic N) is 3. The first-order valence-corrected chi connectivity index (χ1v) is 9.99. The second-order valence-corrected chi connectivity index (χ2v) is 7.68. The zero-order valence-electron chi connectivity index (χ0n) is 17.9. The molecule has 6 nitrogen and oxygen atoms in total. The molecule has 1 aromatic heterocycles. The molecule has 31 heavy (non-hydrogen) atoms. The van der Waals surface area contributed by atoms with E-state index in [1.54, 1.807) is 36.4 Å². The minimum absolute atomic E-state index is 0.0462. The number of benzene rings is 2. The van der Waals surface area contributed by atoms with Gasteiger partial charge < -0.3 is 4.57 Å². The van der Waals surface area contributed by atoms with Crippen molar-refractivity contribution in [2.75, 3.05) is 11.9 Å². The minimum Gasteiger partial charge on any atom is -0.318 e. The van der Waals surface area contributed by atoms with Crippen molar-refractivity contribution < 1.29 is 14.4 Å². The molecule has 0 aliphatic carbocycles. The molecule has 0 spiro atoms. The lowest BCUT2D eigenvalue weighted by Gasteiger charge is -2.31. The molecule has 0 atom stereocenters. The Labute approximate surface area is 181 Å². The monoisotopic (exact) mass is 413 g/mol. The Hall–Kier alpha value is -3.93. The summed E-state index contributed by atoms with van der Waals surface area (Å²) < 4.78 is 2.08. The number of hydrogen-bond acceptors (Lipinski definition) is 3. The number of imide groups is 2. The zero-order chi connectivity index (χ0) is 22.3. The molecule has 0 N–H and O–H groups in total. The third kappa shape index (κ3) is 3.46. The summed E-state index contributed by atoms with van der Waals surface area (Å²) in [5, 5.41) is 0. The first-order chi connectivity index (χ1) is 14.8. The second kappa shape index (κ2) is 7.72. The molecule has 156 valence electrons. The number of carbonyl (C=O) groups is 3. The lowest BCUT2D eigenvalue weighted by molar-refractivity contribution is -0.128. The molecule has 0 unspecified atom stereocenters. The van der Waals surface area contributed by atoms with Crippen LogP contribution in [0.25, 0.3) is 11.8 Å². The van der Waals surface area contributed by atoms with Crippen LogP contribution in [0.5, 0.6) is 0 Å². The summed E-state index contributed by atoms with van der Waals surface area (Å²) in [6, 6.07) is 18.0. The van der Waals surface area contributed by atoms with Gasteiger partial charge in [-0.25, -0.2) is 9.69 Å². The van der Waals surface area contributed by atoms with Gasteiger partial charge in [-0.2, -0.15) is 0 Å². The smallest absolute Gasteiger partial charge is 0.318 e. The Morgan fingerprint density at radius 3 is 2.06 bits per heavy atom. The fourth-order valence-corrected chi connectivity index (χ4v) is 3.82. The van der Waals surface area contributed by atoms with Crippen molar-refractivity contribution in [1.82, 2.24) is 9.47 Å². The fraction of sp³-hybridized carbons (Fsp3) is 0.160. The quantitative estimate of drug-likeness (QED) is 0.472. The van der Waals surface area contributed by atoms with Gasteiger partial charge in [0.05, 0.1) is 5.69 Å². The van der Waals surface area contributed by atoms with E-state index >= 15 is 0 Å². The third-order valence-corrected chi connectivity index (χ3v) is 5.52. The van der Waals surface area contributed by atoms with Crippen molar-refractivity contribution in [3.63, 3.8) is 0 Å². The number of hydrogen-bond donors (Lipinski definition) is 0. The van der Waals surface area contributed by atoms with Crippen LogP contribution in [0, 0.1) is 20.8 Å². The van der Waals surface area contributed by atoms with Crippen molar-refractivity contribution in [1.29, 1.82) is 0 Å². The lowest BCUT2D eigenvalue weighted by Crippen LogP contribution is -2.55. The lowest BCUT2D eigenvalue weighted by atomic mass is 10.1. The molecule has 1 aliphatic rings. The standard InChI is InChI=1S/C25H23N3O3/c1-16-10-12-21(13-11-16)27-17(2)14-19(18(27)3)15-22-23(29)26(4)25(31)28(24(22)30)20-8-6-5-7-9-20/h5-15H,1-4H3/b22-15-. The molecule has 2 aromatic carbocycles. The highest BCUT2D eigenvalue weighted by Crippen LogP contribution is 2.28. The molecule has 4 amide bonds. The predicted octanol–water partition coefficient (Wildman–Crippen LogP) is 4.41. The molecule has 0 radical (unpaired) electrons. The van der Waals surface area contributed by atoms with Crippen LogP contribution < -0.4 is 4.90 Å². The van der Waals surface area contributed by atoms with Gasteiger partial charge in [0, 0.05) is 24.1 Å². The van der Waals surface area contributed by atoms with Gasteiger partial charge in [0.1, 0.15) is 5.57 Å². The summed E-state index contributed by atoms with van der Waals surface area (Å²) in [5.41, 5.74) is 5.19. The first kappa shape index (κ1) is 20.3. The summed E-state index contributed by atoms with van der Waals surface area (Å²) in [7, 11) is 1.39. The van der Waals surface area contributed by atoms with E-state index in [4.69, 9.17) is 0 Å². The van der Waals surface area contributed by atoms with E-state index in [-0.39, 0.29) is 5.57 Å². The van der Waals surface area contributed by atoms with Crippen molar-refractivity contribution >= 4 is 29.6 Å². The maximum atomic E-state index is 13.2. The largest absolute Gasteiger partial charge is 0.338 e. The Morgan fingerprint density at radius 2 is 1.42 bits per heavy atom. The molecule has 2 heterocycles. The molecular weight excluding hydrogens is 390 g/mol. The number of rotatable bonds is 3. The normalized spacial score (nSPS) is 15.9. The molecule has 4 rings (SSSR count). The van der Waals surface area contributed by atoms with E-state index in [9.17, 15) is 14.4 Å². The number of urea groups is 1. The Morgan fingerprint density at radius 1 is 0.774 bits per heavy atom. The summed E-state index contributed by atoms with van der Waals surface area (Å²) >= 11 is 0. The molecule has 6 heteroatoms. The SMILES string of the molecule is Cc1ccc(-n2c(C)cc(/C=C3/C(=O)N(C)C(=O)N(c4ccccc4)C3=O)c2C)cc1. The first-order valence-electron chi connectivity index (χ1n) is 9.99. The van der Waals surface area contributed by atoms with Gasteiger partial charge in [-0.15, -0.1) is 0 Å². The summed E-state index contributed by atoms with van der Waals surface area (Å²) in [4.78, 5) is 40.7. The minimum atomic E-state index is -0.663. The molecule has 0 saturated carbocycles. The van der Waals surface area contributed by atoms with Crippen LogP contribution in [0.1, 0.15) is 22.5 Å². The molecule has 1 fully saturated rings. The van der Waals surface area contributed by atoms with E-state index in [1.165, 1.54) is 12.6 Å². The van der Waals surface area contributed by atoms with E-state index in [2.05, 4.69) is 4.57 Å². The van der Waals surface area contributed by atoms with Crippen molar-refractivity contribution in [2.24, 2.45) is 0 Å². The average molecular weight is 413 g/mol. The van der Waals surface area contributed by atoms with E-state index in [1.807, 2.05) is 51.1 Å². The second-order valence-electron chi connectivity index (χ2n) is 7.68. The van der Waals surface area contributed by atoms with Crippen molar-refractivity contribution in [3.05, 3.63) is 88.8 Å². The van der Waals surface area contributed by atoms with Gasteiger partial charge in [-0.1, -0.05) is 35.9 Å². The van der Waals surface area contributed by atoms with Crippen LogP contribution in [0.15, 0.2) is 66.2 Å². The Kier molecular flexibility index (Phi) is 5.07. The van der Waals surface area contributed by atoms with Crippen LogP contribution >= 0.6 is 0 Å². The number of para-hydroxylation sites is 1. The highest BCUT2D eigenvalue weighted by atomic mass is 16.2. The van der Waals surface area contributed by atoms with E-state index in [0.29, 0.717) is 5.69 Å². The number of aryl methyl sites for hydroxylation is 2. The van der Waals surface area contributed by atoms with E-state index < -0.39 is 17.8 Å². The van der Waals surface area contributed by atoms with Crippen LogP contribution in [-0.2, 0) is 9.59 Å². The van der Waals surface area contributed by atoms with Crippen LogP contribution in [0.2, 0.25) is 0 Å². The van der Waals surface area contributed by atoms with E-state index in [0.717, 1.165) is 32.4 Å². The highest BCUT2D eigenvalue weighted by molar-refractivity contribution is 6.39. The zero-order valence-corrected chi connectivity index (χ0v) is 17.9. The number of anilines is 1. The maximum absolute atomic E-state index is 13.2. The van der Waals surface area contributed by atoms with Gasteiger partial charge in [-0.05, 0) is 62.7 Å². The topological polar surface area (TPSA) is 62.6 Å². The van der Waals surface area contributed by atoms with Crippen molar-refractivity contribution in [2.45, 2.75) is 20.8 Å². The number of likely N-dealkylation sites (N-methyl/N-ethyl adjacent to an activating group) is 1. The summed E-state index contributed by atoms with van der Waals surface area (Å²) in [5.74, 6) is -1.23. The number of barbiturate groups is 1. The van der Waals surface area contributed by atoms with Gasteiger partial charge in [-0.3, -0.25) is 14.5 Å². The number of amides is 4. The highest BCUT2D eigenvalue weighted by Gasteiger charge is 2.41. The Bertz CT molecular complexity index is 1220. The van der Waals surface area contributed by atoms with Gasteiger partial charge >= 0.3 is 6.03 Å². The molecule has 0 bridgehead atoms. The number of carbonyl (C=O) groups excluding carboxylic acids is 3. The number of aromatic nitrogens is 1. The van der Waals surface area contributed by atoms with Crippen LogP contribution in [0.3, 0.4) is 0 Å². The third-order valence-electron chi connectivity index (χ3n) is 5.52. The van der Waals surface area contributed by atoms with Gasteiger partial charge in [0.2, 0.25) is 0 Å². The molecule has 3 aromatic rings. The van der Waals surface area contributed by atoms with Crippen LogP contribution in [-0.4, -0.2) is 34.4 Å². The fourth-order valence-electron chi connectivity index (χ4n) is 3.82. The molecule has 1 saturated heterocycles. The Balaban J connectivity index is 1.80. The average Bonchev–Trinajstić information content (AvgIpc) is 3.04. The maximum Gasteiger partial charge on any atom is 0.338 e.